The highest BCUT2D eigenvalue weighted by Crippen LogP contribution is 2.16. The van der Waals surface area contributed by atoms with E-state index in [1.54, 1.807) is 48.5 Å². The Hall–Kier alpha value is -4.04. The van der Waals surface area contributed by atoms with Crippen molar-refractivity contribution in [3.05, 3.63) is 106 Å². The zero-order valence-corrected chi connectivity index (χ0v) is 14.7. The standard InChI is InChI=1S/C23H14FN3O/c24-18-10-12-19(13-11-18)27-22(14-9-16-5-7-17(15-25)8-6-16)26-21-4-2-1-3-20(21)23(27)28/h1-14H. The van der Waals surface area contributed by atoms with E-state index in [0.717, 1.165) is 5.56 Å². The van der Waals surface area contributed by atoms with Gasteiger partial charge in [0.05, 0.1) is 28.2 Å². The van der Waals surface area contributed by atoms with Crippen LogP contribution in [0.1, 0.15) is 17.0 Å². The fourth-order valence-corrected chi connectivity index (χ4v) is 2.94. The van der Waals surface area contributed by atoms with Gasteiger partial charge in [0.2, 0.25) is 0 Å². The van der Waals surface area contributed by atoms with Crippen molar-refractivity contribution in [3.63, 3.8) is 0 Å². The number of hydrogen-bond acceptors (Lipinski definition) is 3. The van der Waals surface area contributed by atoms with Crippen molar-refractivity contribution >= 4 is 23.1 Å². The van der Waals surface area contributed by atoms with Crippen LogP contribution in [0.4, 0.5) is 4.39 Å². The van der Waals surface area contributed by atoms with E-state index in [1.165, 1.54) is 16.7 Å². The second kappa shape index (κ2) is 7.29. The van der Waals surface area contributed by atoms with Crippen LogP contribution in [0.25, 0.3) is 28.7 Å². The van der Waals surface area contributed by atoms with Gasteiger partial charge < -0.3 is 0 Å². The molecule has 0 atom stereocenters. The van der Waals surface area contributed by atoms with E-state index >= 15 is 0 Å². The molecule has 5 heteroatoms. The van der Waals surface area contributed by atoms with Crippen LogP contribution in [0, 0.1) is 17.1 Å². The fraction of sp³-hybridized carbons (Fsp3) is 0. The van der Waals surface area contributed by atoms with Crippen LogP contribution in [0.2, 0.25) is 0 Å². The quantitative estimate of drug-likeness (QED) is 0.533. The zero-order valence-electron chi connectivity index (χ0n) is 14.7. The first-order valence-corrected chi connectivity index (χ1v) is 8.62. The van der Waals surface area contributed by atoms with Gasteiger partial charge in [0.1, 0.15) is 11.6 Å². The predicted molar refractivity (Wildman–Crippen MR) is 107 cm³/mol. The highest BCUT2D eigenvalue weighted by atomic mass is 19.1. The first-order valence-electron chi connectivity index (χ1n) is 8.62. The lowest BCUT2D eigenvalue weighted by Gasteiger charge is -2.11. The van der Waals surface area contributed by atoms with Gasteiger partial charge in [-0.1, -0.05) is 30.3 Å². The smallest absolute Gasteiger partial charge is 0.266 e. The van der Waals surface area contributed by atoms with Gasteiger partial charge in [-0.25, -0.2) is 9.37 Å². The van der Waals surface area contributed by atoms with Gasteiger partial charge in [-0.2, -0.15) is 5.26 Å². The zero-order chi connectivity index (χ0) is 19.5. The molecule has 4 rings (SSSR count). The number of hydrogen-bond donors (Lipinski definition) is 0. The van der Waals surface area contributed by atoms with E-state index < -0.39 is 0 Å². The van der Waals surface area contributed by atoms with Crippen molar-refractivity contribution in [1.82, 2.24) is 9.55 Å². The van der Waals surface area contributed by atoms with Gasteiger partial charge in [-0.15, -0.1) is 0 Å². The normalized spacial score (nSPS) is 11.0. The molecular weight excluding hydrogens is 353 g/mol. The lowest BCUT2D eigenvalue weighted by Crippen LogP contribution is -2.22. The monoisotopic (exact) mass is 367 g/mol. The maximum absolute atomic E-state index is 13.3. The molecule has 3 aromatic carbocycles. The van der Waals surface area contributed by atoms with Crippen LogP contribution < -0.4 is 5.56 Å². The van der Waals surface area contributed by atoms with Gasteiger partial charge in [0, 0.05) is 0 Å². The summed E-state index contributed by atoms with van der Waals surface area (Å²) in [4.78, 5) is 17.7. The van der Waals surface area contributed by atoms with Gasteiger partial charge >= 0.3 is 0 Å². The lowest BCUT2D eigenvalue weighted by molar-refractivity contribution is 0.627. The Labute approximate surface area is 160 Å². The molecule has 0 aliphatic heterocycles. The Kier molecular flexibility index (Phi) is 4.53. The van der Waals surface area contributed by atoms with Crippen LogP contribution in [0.15, 0.2) is 77.6 Å². The summed E-state index contributed by atoms with van der Waals surface area (Å²) in [5, 5.41) is 9.39. The number of rotatable bonds is 3. The third-order valence-electron chi connectivity index (χ3n) is 4.35. The topological polar surface area (TPSA) is 58.7 Å². The van der Waals surface area contributed by atoms with Gasteiger partial charge in [-0.05, 0) is 60.2 Å². The number of nitriles is 1. The van der Waals surface area contributed by atoms with Crippen molar-refractivity contribution in [1.29, 1.82) is 5.26 Å². The molecule has 0 aliphatic rings. The first kappa shape index (κ1) is 17.4. The molecule has 1 aromatic heterocycles. The molecule has 0 aliphatic carbocycles. The summed E-state index contributed by atoms with van der Waals surface area (Å²) in [7, 11) is 0. The third kappa shape index (κ3) is 3.31. The Morgan fingerprint density at radius 1 is 0.929 bits per heavy atom. The summed E-state index contributed by atoms with van der Waals surface area (Å²) in [6, 6.07) is 22.0. The van der Waals surface area contributed by atoms with Crippen molar-refractivity contribution in [2.45, 2.75) is 0 Å². The minimum Gasteiger partial charge on any atom is -0.268 e. The number of halogens is 1. The lowest BCUT2D eigenvalue weighted by atomic mass is 10.1. The van der Waals surface area contributed by atoms with E-state index in [1.807, 2.05) is 24.3 Å². The minimum absolute atomic E-state index is 0.225. The third-order valence-corrected chi connectivity index (χ3v) is 4.35. The Morgan fingerprint density at radius 2 is 1.64 bits per heavy atom. The predicted octanol–water partition coefficient (Wildman–Crippen LogP) is 4.57. The molecule has 0 N–H and O–H groups in total. The Bertz CT molecular complexity index is 1280. The maximum atomic E-state index is 13.3. The van der Waals surface area contributed by atoms with E-state index in [9.17, 15) is 9.18 Å². The molecule has 4 nitrogen and oxygen atoms in total. The average molecular weight is 367 g/mol. The number of benzene rings is 3. The summed E-state index contributed by atoms with van der Waals surface area (Å²) in [5.41, 5.74) is 2.34. The van der Waals surface area contributed by atoms with Crippen LogP contribution >= 0.6 is 0 Å². The minimum atomic E-state index is -0.375. The molecule has 0 bridgehead atoms. The van der Waals surface area contributed by atoms with E-state index in [4.69, 9.17) is 5.26 Å². The number of fused-ring (bicyclic) bond motifs is 1. The largest absolute Gasteiger partial charge is 0.268 e. The second-order valence-electron chi connectivity index (χ2n) is 6.17. The van der Waals surface area contributed by atoms with E-state index in [-0.39, 0.29) is 11.4 Å². The van der Waals surface area contributed by atoms with Crippen molar-refractivity contribution in [3.8, 4) is 11.8 Å². The summed E-state index contributed by atoms with van der Waals surface area (Å²) in [5.74, 6) is 0.0555. The number of nitrogens with zero attached hydrogens (tertiary/aromatic N) is 3. The molecule has 0 saturated heterocycles. The van der Waals surface area contributed by atoms with Gasteiger partial charge in [-0.3, -0.25) is 9.36 Å². The summed E-state index contributed by atoms with van der Waals surface area (Å²) in [6.07, 6.45) is 3.55. The first-order chi connectivity index (χ1) is 13.7. The van der Waals surface area contributed by atoms with Gasteiger partial charge in [0.15, 0.2) is 0 Å². The molecule has 0 amide bonds. The SMILES string of the molecule is N#Cc1ccc(C=Cc2nc3ccccc3c(=O)n2-c2ccc(F)cc2)cc1. The van der Waals surface area contributed by atoms with Crippen LogP contribution in [-0.4, -0.2) is 9.55 Å². The molecule has 0 fully saturated rings. The van der Waals surface area contributed by atoms with Crippen molar-refractivity contribution in [2.24, 2.45) is 0 Å². The molecule has 28 heavy (non-hydrogen) atoms. The molecular formula is C23H14FN3O. The number of aromatic nitrogens is 2. The van der Waals surface area contributed by atoms with Crippen LogP contribution in [-0.2, 0) is 0 Å². The molecule has 0 saturated carbocycles. The maximum Gasteiger partial charge on any atom is 0.266 e. The van der Waals surface area contributed by atoms with Crippen molar-refractivity contribution < 1.29 is 4.39 Å². The van der Waals surface area contributed by atoms with E-state index in [2.05, 4.69) is 11.1 Å². The number of para-hydroxylation sites is 1. The summed E-state index contributed by atoms with van der Waals surface area (Å²) < 4.78 is 14.8. The molecule has 0 unspecified atom stereocenters. The molecule has 4 aromatic rings. The van der Waals surface area contributed by atoms with Crippen molar-refractivity contribution in [2.75, 3.05) is 0 Å². The van der Waals surface area contributed by atoms with E-state index in [0.29, 0.717) is 28.0 Å². The molecule has 1 heterocycles. The molecule has 0 spiro atoms. The Morgan fingerprint density at radius 3 is 2.36 bits per heavy atom. The highest BCUT2D eigenvalue weighted by molar-refractivity contribution is 5.80. The molecule has 0 radical (unpaired) electrons. The summed E-state index contributed by atoms with van der Waals surface area (Å²) >= 11 is 0. The average Bonchev–Trinajstić information content (AvgIpc) is 2.74. The fourth-order valence-electron chi connectivity index (χ4n) is 2.94. The Balaban J connectivity index is 1.89. The van der Waals surface area contributed by atoms with Crippen LogP contribution in [0.5, 0.6) is 0 Å². The highest BCUT2D eigenvalue weighted by Gasteiger charge is 2.11. The van der Waals surface area contributed by atoms with Gasteiger partial charge in [0.25, 0.3) is 5.56 Å². The second-order valence-corrected chi connectivity index (χ2v) is 6.17. The summed E-state index contributed by atoms with van der Waals surface area (Å²) in [6.45, 7) is 0. The van der Waals surface area contributed by atoms with Crippen LogP contribution in [0.3, 0.4) is 0 Å². The molecule has 134 valence electrons.